The molecule has 1 aliphatic rings. The fraction of sp³-hybridized carbons (Fsp3) is 0.357. The number of aldehydes is 1. The number of carbonyl (C=O) groups excluding carboxylic acids is 6. The van der Waals surface area contributed by atoms with Crippen molar-refractivity contribution < 1.29 is 38.6 Å². The van der Waals surface area contributed by atoms with Gasteiger partial charge in [-0.05, 0) is 56.2 Å². The molecule has 0 bridgehead atoms. The first kappa shape index (κ1) is 30.0. The van der Waals surface area contributed by atoms with Crippen molar-refractivity contribution in [1.82, 2.24) is 10.6 Å². The molecule has 3 N–H and O–H groups in total. The molecule has 0 aliphatic carbocycles. The van der Waals surface area contributed by atoms with E-state index in [-0.39, 0.29) is 35.7 Å². The largest absolute Gasteiger partial charge is 0.496 e. The van der Waals surface area contributed by atoms with E-state index in [9.17, 15) is 33.9 Å². The van der Waals surface area contributed by atoms with Gasteiger partial charge >= 0.3 is 0 Å². The maximum Gasteiger partial charge on any atom is 0.252 e. The van der Waals surface area contributed by atoms with Gasteiger partial charge < -0.3 is 30.2 Å². The maximum atomic E-state index is 13.8. The molecule has 12 nitrogen and oxygen atoms in total. The normalized spacial score (nSPS) is 15.4. The van der Waals surface area contributed by atoms with Crippen LogP contribution in [0.2, 0.25) is 0 Å². The second kappa shape index (κ2) is 13.0. The molecule has 12 heteroatoms. The molecule has 3 rings (SSSR count). The Balaban J connectivity index is 1.98. The number of amides is 4. The fourth-order valence-electron chi connectivity index (χ4n) is 4.66. The van der Waals surface area contributed by atoms with Crippen molar-refractivity contribution in [2.75, 3.05) is 36.6 Å². The first-order chi connectivity index (χ1) is 19.0. The van der Waals surface area contributed by atoms with Gasteiger partial charge in [0.05, 0.1) is 31.1 Å². The van der Waals surface area contributed by atoms with Crippen LogP contribution in [-0.2, 0) is 24.0 Å². The summed E-state index contributed by atoms with van der Waals surface area (Å²) in [6.45, 7) is 3.10. The summed E-state index contributed by atoms with van der Waals surface area (Å²) in [7, 11) is 1.52. The van der Waals surface area contributed by atoms with Crippen molar-refractivity contribution in [3.63, 3.8) is 0 Å². The zero-order valence-corrected chi connectivity index (χ0v) is 22.7. The lowest BCUT2D eigenvalue weighted by molar-refractivity contribution is -0.127. The van der Waals surface area contributed by atoms with Crippen molar-refractivity contribution in [3.05, 3.63) is 53.1 Å². The molecule has 2 aromatic carbocycles. The molecule has 1 heterocycles. The van der Waals surface area contributed by atoms with Crippen LogP contribution < -0.4 is 25.2 Å². The summed E-state index contributed by atoms with van der Waals surface area (Å²) in [4.78, 5) is 77.8. The zero-order valence-electron chi connectivity index (χ0n) is 22.7. The second-order valence-electron chi connectivity index (χ2n) is 9.46. The molecule has 0 fully saturated rings. The smallest absolute Gasteiger partial charge is 0.252 e. The van der Waals surface area contributed by atoms with E-state index < -0.39 is 48.9 Å². The number of aryl methyl sites for hydroxylation is 2. The predicted octanol–water partition coefficient (Wildman–Crippen LogP) is 0.445. The highest BCUT2D eigenvalue weighted by atomic mass is 16.5. The van der Waals surface area contributed by atoms with Crippen molar-refractivity contribution >= 4 is 47.1 Å². The number of fused-ring (bicyclic) bond motifs is 1. The van der Waals surface area contributed by atoms with Crippen molar-refractivity contribution in [3.8, 4) is 5.75 Å². The minimum atomic E-state index is -1.30. The van der Waals surface area contributed by atoms with Crippen LogP contribution in [0.4, 0.5) is 11.4 Å². The molecule has 1 unspecified atom stereocenters. The molecule has 0 spiro atoms. The van der Waals surface area contributed by atoms with E-state index >= 15 is 0 Å². The monoisotopic (exact) mass is 552 g/mol. The molecule has 212 valence electrons. The molecular formula is C28H32N4O8. The lowest BCUT2D eigenvalue weighted by Crippen LogP contribution is -2.55. The molecule has 0 saturated heterocycles. The van der Waals surface area contributed by atoms with Crippen LogP contribution in [0.1, 0.15) is 34.8 Å². The lowest BCUT2D eigenvalue weighted by Gasteiger charge is -2.25. The molecule has 4 amide bonds. The van der Waals surface area contributed by atoms with Crippen LogP contribution in [0.15, 0.2) is 36.4 Å². The third kappa shape index (κ3) is 6.70. The van der Waals surface area contributed by atoms with Crippen LogP contribution in [-0.4, -0.2) is 79.7 Å². The van der Waals surface area contributed by atoms with Crippen LogP contribution in [0.25, 0.3) is 0 Å². The predicted molar refractivity (Wildman–Crippen MR) is 145 cm³/mol. The zero-order chi connectivity index (χ0) is 29.6. The van der Waals surface area contributed by atoms with Gasteiger partial charge in [0.1, 0.15) is 37.0 Å². The van der Waals surface area contributed by atoms with E-state index in [4.69, 9.17) is 4.74 Å². The number of anilines is 2. The van der Waals surface area contributed by atoms with E-state index in [1.54, 1.807) is 44.2 Å². The summed E-state index contributed by atoms with van der Waals surface area (Å²) in [5, 5.41) is 14.7. The Bertz CT molecular complexity index is 1320. The number of aliphatic hydroxyl groups is 1. The number of ketones is 1. The number of ether oxygens (including phenoxy) is 1. The van der Waals surface area contributed by atoms with Gasteiger partial charge in [0.25, 0.3) is 17.7 Å². The minimum absolute atomic E-state index is 0.187. The molecule has 0 aromatic heterocycles. The van der Waals surface area contributed by atoms with Gasteiger partial charge in [-0.25, -0.2) is 0 Å². The summed E-state index contributed by atoms with van der Waals surface area (Å²) < 4.78 is 5.35. The molecule has 2 aromatic rings. The topological polar surface area (TPSA) is 162 Å². The third-order valence-electron chi connectivity index (χ3n) is 6.38. The quantitative estimate of drug-likeness (QED) is 0.358. The van der Waals surface area contributed by atoms with E-state index in [0.29, 0.717) is 23.2 Å². The highest BCUT2D eigenvalue weighted by Gasteiger charge is 2.37. The Hall–Kier alpha value is -4.58. The van der Waals surface area contributed by atoms with E-state index in [0.717, 1.165) is 4.90 Å². The van der Waals surface area contributed by atoms with E-state index in [2.05, 4.69) is 10.6 Å². The van der Waals surface area contributed by atoms with Crippen molar-refractivity contribution in [2.24, 2.45) is 0 Å². The van der Waals surface area contributed by atoms with E-state index in [1.165, 1.54) is 25.0 Å². The second-order valence-corrected chi connectivity index (χ2v) is 9.46. The lowest BCUT2D eigenvalue weighted by atomic mass is 10.0. The summed E-state index contributed by atoms with van der Waals surface area (Å²) >= 11 is 0. The molecular weight excluding hydrogens is 520 g/mol. The Morgan fingerprint density at radius 3 is 2.30 bits per heavy atom. The number of benzene rings is 2. The number of para-hydroxylation sites is 2. The summed E-state index contributed by atoms with van der Waals surface area (Å²) in [6, 6.07) is 7.12. The Morgan fingerprint density at radius 2 is 1.75 bits per heavy atom. The number of nitrogens with zero attached hydrogens (tertiary/aromatic N) is 2. The number of nitrogens with one attached hydrogen (secondary N) is 2. The first-order valence-electron chi connectivity index (χ1n) is 12.5. The maximum absolute atomic E-state index is 13.8. The SMILES string of the molecule is COc1c(C)cc(C(=O)NC2CN(C(=O)CO)c3ccccc3N(CC(=O)N[C@H](C=O)CC(C)=O)C2=O)cc1C. The number of hydrogen-bond acceptors (Lipinski definition) is 8. The molecule has 1 aliphatic heterocycles. The van der Waals surface area contributed by atoms with E-state index in [1.807, 2.05) is 0 Å². The average molecular weight is 553 g/mol. The van der Waals surface area contributed by atoms with Crippen LogP contribution in [0.5, 0.6) is 5.75 Å². The Kier molecular flexibility index (Phi) is 9.73. The summed E-state index contributed by atoms with van der Waals surface area (Å²) in [5.41, 5.74) is 2.10. The molecule has 40 heavy (non-hydrogen) atoms. The molecule has 0 radical (unpaired) electrons. The van der Waals surface area contributed by atoms with Gasteiger partial charge in [-0.15, -0.1) is 0 Å². The number of carbonyl (C=O) groups is 6. The van der Waals surface area contributed by atoms with Gasteiger partial charge in [0.2, 0.25) is 5.91 Å². The third-order valence-corrected chi connectivity index (χ3v) is 6.38. The number of methoxy groups -OCH3 is 1. The highest BCUT2D eigenvalue weighted by Crippen LogP contribution is 2.33. The molecule has 2 atom stereocenters. The highest BCUT2D eigenvalue weighted by molar-refractivity contribution is 6.11. The van der Waals surface area contributed by atoms with Crippen LogP contribution in [0.3, 0.4) is 0 Å². The summed E-state index contributed by atoms with van der Waals surface area (Å²) in [6.07, 6.45) is 0.221. The van der Waals surface area contributed by atoms with Gasteiger partial charge in [0.15, 0.2) is 0 Å². The van der Waals surface area contributed by atoms with Crippen LogP contribution >= 0.6 is 0 Å². The standard InChI is InChI=1S/C28H32N4O8/c1-16-9-19(10-17(2)26(16)40-4)27(38)30-21-12-31(25(37)15-34)22-7-5-6-8-23(22)32(28(21)39)13-24(36)29-20(14-33)11-18(3)35/h5-10,14,20-21,34H,11-13,15H2,1-4H3,(H,29,36)(H,30,38)/t20-,21?/m0/s1. The number of aliphatic hydroxyl groups excluding tert-OH is 1. The van der Waals surface area contributed by atoms with Gasteiger partial charge in [0, 0.05) is 12.0 Å². The van der Waals surface area contributed by atoms with Gasteiger partial charge in [-0.2, -0.15) is 0 Å². The van der Waals surface area contributed by atoms with Crippen molar-refractivity contribution in [2.45, 2.75) is 39.3 Å². The molecule has 0 saturated carbocycles. The number of hydrogen-bond donors (Lipinski definition) is 3. The first-order valence-corrected chi connectivity index (χ1v) is 12.5. The average Bonchev–Trinajstić information content (AvgIpc) is 3.02. The minimum Gasteiger partial charge on any atom is -0.496 e. The van der Waals surface area contributed by atoms with Crippen LogP contribution in [0, 0.1) is 13.8 Å². The van der Waals surface area contributed by atoms with Gasteiger partial charge in [-0.1, -0.05) is 12.1 Å². The number of Topliss-reactive ketones (excluding diaryl/α,β-unsaturated/α-hetero) is 1. The number of rotatable bonds is 10. The fourth-order valence-corrected chi connectivity index (χ4v) is 4.66. The summed E-state index contributed by atoms with van der Waals surface area (Å²) in [5.74, 6) is -2.42. The Labute approximate surface area is 231 Å². The van der Waals surface area contributed by atoms with Crippen molar-refractivity contribution in [1.29, 1.82) is 0 Å². The van der Waals surface area contributed by atoms with Gasteiger partial charge in [-0.3, -0.25) is 28.9 Å². The Morgan fingerprint density at radius 1 is 1.12 bits per heavy atom.